The average molecular weight is 321 g/mol. The molecule has 0 saturated heterocycles. The van der Waals surface area contributed by atoms with Gasteiger partial charge in [0, 0.05) is 5.75 Å². The second-order valence-electron chi connectivity index (χ2n) is 4.52. The van der Waals surface area contributed by atoms with Crippen LogP contribution in [0.5, 0.6) is 5.75 Å². The van der Waals surface area contributed by atoms with Gasteiger partial charge >= 0.3 is 0 Å². The molecule has 2 N–H and O–H groups in total. The first-order chi connectivity index (χ1) is 9.07. The number of benzene rings is 1. The van der Waals surface area contributed by atoms with E-state index in [-0.39, 0.29) is 23.0 Å². The number of hydrogen-bond donors (Lipinski definition) is 1. The molecule has 0 unspecified atom stereocenters. The van der Waals surface area contributed by atoms with Crippen molar-refractivity contribution in [3.8, 4) is 5.75 Å². The number of sulfonamides is 1. The molecule has 0 bridgehead atoms. The Morgan fingerprint density at radius 1 is 1.10 bits per heavy atom. The van der Waals surface area contributed by atoms with Crippen LogP contribution in [0.25, 0.3) is 0 Å². The highest BCUT2D eigenvalue weighted by atomic mass is 32.2. The maximum atomic E-state index is 11.4. The number of hydrogen-bond acceptors (Lipinski definition) is 5. The fourth-order valence-corrected chi connectivity index (χ4v) is 3.51. The highest BCUT2D eigenvalue weighted by molar-refractivity contribution is 7.91. The summed E-state index contributed by atoms with van der Waals surface area (Å²) in [4.78, 5) is 0.0750. The van der Waals surface area contributed by atoms with Crippen LogP contribution >= 0.6 is 0 Å². The summed E-state index contributed by atoms with van der Waals surface area (Å²) >= 11 is 0. The molecule has 0 saturated carbocycles. The van der Waals surface area contributed by atoms with Crippen molar-refractivity contribution in [1.82, 2.24) is 0 Å². The molecule has 0 atom stereocenters. The first-order valence-corrected chi connectivity index (χ1v) is 9.41. The van der Waals surface area contributed by atoms with Gasteiger partial charge in [0.15, 0.2) is 9.84 Å². The lowest BCUT2D eigenvalue weighted by Gasteiger charge is -2.12. The zero-order chi connectivity index (χ0) is 15.6. The Morgan fingerprint density at radius 3 is 2.00 bits per heavy atom. The normalized spacial score (nSPS) is 12.4. The minimum atomic E-state index is -3.78. The third-order valence-electron chi connectivity index (χ3n) is 2.82. The van der Waals surface area contributed by atoms with Crippen molar-refractivity contribution in [1.29, 1.82) is 0 Å². The summed E-state index contributed by atoms with van der Waals surface area (Å²) in [5.41, 5.74) is 0.946. The Kier molecular flexibility index (Phi) is 5.17. The zero-order valence-corrected chi connectivity index (χ0v) is 13.3. The molecule has 6 nitrogen and oxygen atoms in total. The molecule has 0 spiro atoms. The van der Waals surface area contributed by atoms with Crippen LogP contribution in [0.2, 0.25) is 0 Å². The van der Waals surface area contributed by atoms with Crippen molar-refractivity contribution < 1.29 is 21.6 Å². The molecule has 0 aliphatic heterocycles. The fraction of sp³-hybridized carbons (Fsp3) is 0.500. The van der Waals surface area contributed by atoms with Crippen molar-refractivity contribution >= 4 is 19.9 Å². The van der Waals surface area contributed by atoms with Gasteiger partial charge in [-0.05, 0) is 37.1 Å². The van der Waals surface area contributed by atoms with E-state index in [0.29, 0.717) is 16.9 Å². The van der Waals surface area contributed by atoms with Crippen LogP contribution in [0.15, 0.2) is 17.0 Å². The summed E-state index contributed by atoms with van der Waals surface area (Å²) in [6.45, 7) is 4.83. The third kappa shape index (κ3) is 4.46. The van der Waals surface area contributed by atoms with Crippen molar-refractivity contribution in [2.24, 2.45) is 5.14 Å². The van der Waals surface area contributed by atoms with Gasteiger partial charge < -0.3 is 4.74 Å². The van der Waals surface area contributed by atoms with Gasteiger partial charge in [0.1, 0.15) is 12.4 Å². The first-order valence-electron chi connectivity index (χ1n) is 6.04. The van der Waals surface area contributed by atoms with Crippen molar-refractivity contribution in [3.63, 3.8) is 0 Å². The molecule has 0 fully saturated rings. The van der Waals surface area contributed by atoms with Gasteiger partial charge in [0.2, 0.25) is 10.0 Å². The van der Waals surface area contributed by atoms with Crippen LogP contribution in [-0.2, 0) is 19.9 Å². The van der Waals surface area contributed by atoms with Crippen molar-refractivity contribution in [2.45, 2.75) is 25.7 Å². The number of aryl methyl sites for hydroxylation is 2. The molecule has 0 aliphatic rings. The molecular weight excluding hydrogens is 302 g/mol. The van der Waals surface area contributed by atoms with Gasteiger partial charge in [-0.2, -0.15) is 0 Å². The molecule has 1 rings (SSSR count). The Hall–Kier alpha value is -1.12. The molecular formula is C12H19NO5S2. The largest absolute Gasteiger partial charge is 0.493 e. The molecule has 0 heterocycles. The van der Waals surface area contributed by atoms with E-state index in [1.54, 1.807) is 20.8 Å². The lowest BCUT2D eigenvalue weighted by atomic mass is 10.1. The highest BCUT2D eigenvalue weighted by Gasteiger charge is 2.16. The van der Waals surface area contributed by atoms with E-state index in [4.69, 9.17) is 9.88 Å². The number of nitrogens with two attached hydrogens (primary N) is 1. The third-order valence-corrected chi connectivity index (χ3v) is 5.70. The quantitative estimate of drug-likeness (QED) is 0.833. The molecule has 0 amide bonds. The molecule has 114 valence electrons. The Labute approximate surface area is 119 Å². The summed E-state index contributed by atoms with van der Waals surface area (Å²) in [6.07, 6.45) is 0. The van der Waals surface area contributed by atoms with E-state index in [0.717, 1.165) is 0 Å². The minimum absolute atomic E-state index is 0.0315. The smallest absolute Gasteiger partial charge is 0.238 e. The SMILES string of the molecule is CCS(=O)(=O)CCOc1cc(C)c(S(N)(=O)=O)c(C)c1. The monoisotopic (exact) mass is 321 g/mol. The van der Waals surface area contributed by atoms with E-state index < -0.39 is 19.9 Å². The van der Waals surface area contributed by atoms with Crippen LogP contribution in [-0.4, -0.2) is 34.9 Å². The predicted molar refractivity (Wildman–Crippen MR) is 77.1 cm³/mol. The Balaban J connectivity index is 2.91. The Bertz CT molecular complexity index is 670. The zero-order valence-electron chi connectivity index (χ0n) is 11.7. The summed E-state index contributed by atoms with van der Waals surface area (Å²) in [6, 6.07) is 3.07. The molecule has 0 aromatic heterocycles. The van der Waals surface area contributed by atoms with Crippen LogP contribution in [0, 0.1) is 13.8 Å². The molecule has 8 heteroatoms. The predicted octanol–water partition coefficient (Wildman–Crippen LogP) is 0.764. The summed E-state index contributed by atoms with van der Waals surface area (Å²) in [7, 11) is -6.86. The van der Waals surface area contributed by atoms with E-state index in [2.05, 4.69) is 0 Å². The maximum Gasteiger partial charge on any atom is 0.238 e. The number of rotatable bonds is 6. The highest BCUT2D eigenvalue weighted by Crippen LogP contribution is 2.24. The first kappa shape index (κ1) is 16.9. The van der Waals surface area contributed by atoms with E-state index in [9.17, 15) is 16.8 Å². The van der Waals surface area contributed by atoms with Crippen molar-refractivity contribution in [2.75, 3.05) is 18.1 Å². The standard InChI is InChI=1S/C12H19NO5S2/c1-4-19(14,15)6-5-18-11-7-9(2)12(10(3)8-11)20(13,16)17/h7-8H,4-6H2,1-3H3,(H2,13,16,17). The molecule has 20 heavy (non-hydrogen) atoms. The lowest BCUT2D eigenvalue weighted by molar-refractivity contribution is 0.340. The van der Waals surface area contributed by atoms with Crippen molar-refractivity contribution in [3.05, 3.63) is 23.3 Å². The van der Waals surface area contributed by atoms with E-state index >= 15 is 0 Å². The van der Waals surface area contributed by atoms with Crippen LogP contribution in [0.4, 0.5) is 0 Å². The average Bonchev–Trinajstić information content (AvgIpc) is 2.25. The lowest BCUT2D eigenvalue weighted by Crippen LogP contribution is -2.17. The minimum Gasteiger partial charge on any atom is -0.493 e. The summed E-state index contributed by atoms with van der Waals surface area (Å²) in [5.74, 6) is 0.427. The molecule has 1 aromatic carbocycles. The van der Waals surface area contributed by atoms with Gasteiger partial charge in [-0.1, -0.05) is 6.92 Å². The van der Waals surface area contributed by atoms with Crippen LogP contribution < -0.4 is 9.88 Å². The van der Waals surface area contributed by atoms with Gasteiger partial charge in [-0.25, -0.2) is 22.0 Å². The topological polar surface area (TPSA) is 104 Å². The van der Waals surface area contributed by atoms with E-state index in [1.807, 2.05) is 0 Å². The van der Waals surface area contributed by atoms with Gasteiger partial charge in [0.05, 0.1) is 10.6 Å². The van der Waals surface area contributed by atoms with Gasteiger partial charge in [0.25, 0.3) is 0 Å². The van der Waals surface area contributed by atoms with E-state index in [1.165, 1.54) is 12.1 Å². The van der Waals surface area contributed by atoms with Gasteiger partial charge in [-0.3, -0.25) is 0 Å². The molecule has 0 radical (unpaired) electrons. The number of sulfone groups is 1. The molecule has 1 aromatic rings. The van der Waals surface area contributed by atoms with Crippen LogP contribution in [0.1, 0.15) is 18.1 Å². The van der Waals surface area contributed by atoms with Gasteiger partial charge in [-0.15, -0.1) is 0 Å². The fourth-order valence-electron chi connectivity index (χ4n) is 1.87. The van der Waals surface area contributed by atoms with Crippen LogP contribution in [0.3, 0.4) is 0 Å². The summed E-state index contributed by atoms with van der Waals surface area (Å²) in [5, 5.41) is 5.14. The molecule has 0 aliphatic carbocycles. The summed E-state index contributed by atoms with van der Waals surface area (Å²) < 4.78 is 50.9. The second kappa shape index (κ2) is 6.11. The Morgan fingerprint density at radius 2 is 1.60 bits per heavy atom. The number of primary sulfonamides is 1. The second-order valence-corrected chi connectivity index (χ2v) is 8.49. The number of ether oxygens (including phenoxy) is 1. The maximum absolute atomic E-state index is 11.4.